The number of hydrogen-bond acceptors (Lipinski definition) is 5. The third-order valence-corrected chi connectivity index (χ3v) is 6.07. The summed E-state index contributed by atoms with van der Waals surface area (Å²) in [6.07, 6.45) is 2.70. The quantitative estimate of drug-likeness (QED) is 0.238. The Kier molecular flexibility index (Phi) is 7.51. The number of hydrogen-bond donors (Lipinski definition) is 6. The number of aliphatic hydroxyl groups is 1. The fourth-order valence-electron chi connectivity index (χ4n) is 1.25. The van der Waals surface area contributed by atoms with Crippen LogP contribution < -0.4 is 10.6 Å². The van der Waals surface area contributed by atoms with Gasteiger partial charge in [-0.1, -0.05) is 0 Å². The first-order valence-corrected chi connectivity index (χ1v) is 8.68. The van der Waals surface area contributed by atoms with Crippen molar-refractivity contribution >= 4 is 33.5 Å². The van der Waals surface area contributed by atoms with E-state index in [0.717, 1.165) is 0 Å². The fraction of sp³-hybridized carbons (Fsp3) is 0.667. The molecule has 116 valence electrons. The van der Waals surface area contributed by atoms with Crippen LogP contribution in [0.4, 0.5) is 0 Å². The van der Waals surface area contributed by atoms with Crippen LogP contribution in [0.1, 0.15) is 19.8 Å². The Bertz CT molecular complexity index is 436. The summed E-state index contributed by atoms with van der Waals surface area (Å²) in [5.74, 6) is -0.834. The zero-order valence-corrected chi connectivity index (χ0v) is 12.7. The number of carbonyl (C=O) groups excluding carboxylic acids is 2. The molecule has 0 aliphatic carbocycles. The van der Waals surface area contributed by atoms with Crippen molar-refractivity contribution in [1.82, 2.24) is 10.6 Å². The second-order valence-corrected chi connectivity index (χ2v) is 7.80. The third kappa shape index (κ3) is 6.09. The number of nitrogens with one attached hydrogen (secondary N) is 2. The predicted octanol–water partition coefficient (Wildman–Crippen LogP) is -1.34. The van der Waals surface area contributed by atoms with E-state index >= 15 is 0 Å². The van der Waals surface area contributed by atoms with E-state index in [4.69, 9.17) is 9.79 Å². The molecule has 0 aromatic rings. The van der Waals surface area contributed by atoms with E-state index in [0.29, 0.717) is 0 Å². The number of amides is 2. The first-order chi connectivity index (χ1) is 9.00. The summed E-state index contributed by atoms with van der Waals surface area (Å²) < 4.78 is 11.1. The van der Waals surface area contributed by atoms with Gasteiger partial charge in [0.2, 0.25) is 11.8 Å². The summed E-state index contributed by atoms with van der Waals surface area (Å²) in [6.45, 7) is 1.08. The Balaban J connectivity index is 4.22. The van der Waals surface area contributed by atoms with Crippen molar-refractivity contribution < 1.29 is 33.9 Å². The summed E-state index contributed by atoms with van der Waals surface area (Å²) in [5, 5.41) is 11.8. The van der Waals surface area contributed by atoms with Crippen molar-refractivity contribution in [2.45, 2.75) is 24.8 Å². The first kappa shape index (κ1) is 19.2. The summed E-state index contributed by atoms with van der Waals surface area (Å²) >= 11 is 0. The highest BCUT2D eigenvalue weighted by atomic mass is 31.2. The average Bonchev–Trinajstić information content (AvgIpc) is 2.29. The lowest BCUT2D eigenvalue weighted by Crippen LogP contribution is -2.36. The van der Waals surface area contributed by atoms with E-state index in [9.17, 15) is 24.2 Å². The molecule has 0 aliphatic heterocycles. The van der Waals surface area contributed by atoms with E-state index in [2.05, 4.69) is 16.9 Å². The predicted molar refractivity (Wildman–Crippen MR) is 74.2 cm³/mol. The van der Waals surface area contributed by atoms with Gasteiger partial charge in [0, 0.05) is 19.9 Å². The molecule has 2 atom stereocenters. The lowest BCUT2D eigenvalue weighted by atomic mass is 10.3. The Morgan fingerprint density at radius 3 is 2.30 bits per heavy atom. The highest BCUT2D eigenvalue weighted by molar-refractivity contribution is 7.70. The molecule has 0 rings (SSSR count). The van der Waals surface area contributed by atoms with Crippen LogP contribution in [0, 0.1) is 0 Å². The van der Waals surface area contributed by atoms with Gasteiger partial charge in [0.15, 0.2) is 0 Å². The van der Waals surface area contributed by atoms with Crippen LogP contribution in [0.3, 0.4) is 0 Å². The lowest BCUT2D eigenvalue weighted by Gasteiger charge is -2.19. The maximum absolute atomic E-state index is 11.2. The van der Waals surface area contributed by atoms with E-state index in [1.54, 1.807) is 0 Å². The second-order valence-electron chi connectivity index (χ2n) is 4.08. The molecule has 2 amide bonds. The van der Waals surface area contributed by atoms with Crippen LogP contribution >= 0.6 is 15.4 Å². The fourth-order valence-corrected chi connectivity index (χ4v) is 3.31. The van der Waals surface area contributed by atoms with Crippen molar-refractivity contribution in [3.8, 4) is 0 Å². The molecule has 0 fully saturated rings. The van der Waals surface area contributed by atoms with Crippen molar-refractivity contribution in [1.29, 1.82) is 0 Å². The van der Waals surface area contributed by atoms with Gasteiger partial charge in [-0.05, 0) is 6.42 Å². The summed E-state index contributed by atoms with van der Waals surface area (Å²) in [7, 11) is -7.44. The smallest absolute Gasteiger partial charge is 0.355 e. The Hall–Kier alpha value is -0.820. The van der Waals surface area contributed by atoms with E-state index < -0.39 is 32.8 Å². The molecule has 0 radical (unpaired) electrons. The molecule has 0 saturated heterocycles. The monoisotopic (exact) mass is 329 g/mol. The number of rotatable bonds is 8. The van der Waals surface area contributed by atoms with Gasteiger partial charge in [0.25, 0.3) is 7.77 Å². The highest BCUT2D eigenvalue weighted by Crippen LogP contribution is 2.61. The molecule has 2 unspecified atom stereocenters. The molecule has 11 heteroatoms. The Morgan fingerprint density at radius 2 is 1.90 bits per heavy atom. The van der Waals surface area contributed by atoms with Crippen molar-refractivity contribution in [2.24, 2.45) is 0 Å². The molecule has 0 aliphatic rings. The van der Waals surface area contributed by atoms with Crippen LogP contribution in [0.15, 0.2) is 0 Å². The minimum atomic E-state index is -4.93. The van der Waals surface area contributed by atoms with Crippen LogP contribution in [-0.4, -0.2) is 56.1 Å². The summed E-state index contributed by atoms with van der Waals surface area (Å²) in [5.41, 5.74) is 0. The van der Waals surface area contributed by atoms with Gasteiger partial charge in [0.05, 0.1) is 6.54 Å². The minimum Gasteiger partial charge on any atom is -0.355 e. The molecule has 0 aromatic heterocycles. The van der Waals surface area contributed by atoms with Crippen molar-refractivity contribution in [3.63, 3.8) is 0 Å². The molecule has 0 bridgehead atoms. The molecule has 0 saturated carbocycles. The highest BCUT2D eigenvalue weighted by Gasteiger charge is 2.56. The second kappa shape index (κ2) is 7.83. The first-order valence-electron chi connectivity index (χ1n) is 5.59. The van der Waals surface area contributed by atoms with Crippen LogP contribution in [0.2, 0.25) is 0 Å². The van der Waals surface area contributed by atoms with Gasteiger partial charge in [-0.15, -0.1) is 0 Å². The average molecular weight is 329 g/mol. The zero-order chi connectivity index (χ0) is 16.0. The zero-order valence-electron chi connectivity index (χ0n) is 10.9. The minimum absolute atomic E-state index is 0.0301. The van der Waals surface area contributed by atoms with E-state index in [1.165, 1.54) is 6.92 Å². The van der Waals surface area contributed by atoms with Gasteiger partial charge in [0.1, 0.15) is 6.30 Å². The normalized spacial score (nSPS) is 15.2. The molecule has 6 N–H and O–H groups in total. The number of carbonyl (C=O) groups is 2. The van der Waals surface area contributed by atoms with Crippen molar-refractivity contribution in [3.05, 3.63) is 0 Å². The molecular formula is C9H19N2O7P2+. The Morgan fingerprint density at radius 1 is 1.35 bits per heavy atom. The molecule has 0 aromatic carbocycles. The maximum Gasteiger partial charge on any atom is 0.406 e. The summed E-state index contributed by atoms with van der Waals surface area (Å²) in [6, 6.07) is 0. The SMILES string of the molecule is C=[P+](O)C(O)(CCCNC(=O)CNC(C)=O)P(=O)(O)O. The van der Waals surface area contributed by atoms with Crippen LogP contribution in [0.25, 0.3) is 0 Å². The van der Waals surface area contributed by atoms with Gasteiger partial charge in [-0.25, -0.2) is 0 Å². The Labute approximate surface area is 117 Å². The summed E-state index contributed by atoms with van der Waals surface area (Å²) in [4.78, 5) is 49.0. The molecular weight excluding hydrogens is 310 g/mol. The van der Waals surface area contributed by atoms with Crippen LogP contribution in [0.5, 0.6) is 0 Å². The van der Waals surface area contributed by atoms with E-state index in [1.807, 2.05) is 0 Å². The largest absolute Gasteiger partial charge is 0.406 e. The standard InChI is InChI=1S/C9H18N2O7P2/c1-7(12)11-6-8(13)10-5-3-4-9(14,19(2)15)20(16,17)18/h14H,2-6H2,1H3,(H4-,10,11,12,13,15,16,17,18)/p+1. The van der Waals surface area contributed by atoms with E-state index in [-0.39, 0.29) is 25.4 Å². The molecule has 0 heterocycles. The lowest BCUT2D eigenvalue weighted by molar-refractivity contribution is -0.125. The molecule has 20 heavy (non-hydrogen) atoms. The molecule has 9 nitrogen and oxygen atoms in total. The van der Waals surface area contributed by atoms with Gasteiger partial charge < -0.3 is 25.5 Å². The third-order valence-electron chi connectivity index (χ3n) is 2.39. The van der Waals surface area contributed by atoms with Gasteiger partial charge in [-0.3, -0.25) is 14.2 Å². The van der Waals surface area contributed by atoms with Crippen molar-refractivity contribution in [2.75, 3.05) is 13.1 Å². The van der Waals surface area contributed by atoms with Gasteiger partial charge in [-0.2, -0.15) is 4.89 Å². The topological polar surface area (TPSA) is 156 Å². The van der Waals surface area contributed by atoms with Gasteiger partial charge >= 0.3 is 12.7 Å². The molecule has 0 spiro atoms. The van der Waals surface area contributed by atoms with Crippen LogP contribution in [-0.2, 0) is 14.2 Å². The maximum atomic E-state index is 11.2.